The van der Waals surface area contributed by atoms with Crippen molar-refractivity contribution in [2.45, 2.75) is 24.8 Å². The number of aryl methyl sites for hydroxylation is 2. The summed E-state index contributed by atoms with van der Waals surface area (Å²) >= 11 is 0. The zero-order valence-electron chi connectivity index (χ0n) is 13.0. The summed E-state index contributed by atoms with van der Waals surface area (Å²) in [5, 5.41) is 0. The van der Waals surface area contributed by atoms with Gasteiger partial charge in [-0.3, -0.25) is 4.18 Å². The van der Waals surface area contributed by atoms with Gasteiger partial charge >= 0.3 is 0 Å². The van der Waals surface area contributed by atoms with Crippen LogP contribution in [0.3, 0.4) is 0 Å². The predicted molar refractivity (Wildman–Crippen MR) is 85.4 cm³/mol. The van der Waals surface area contributed by atoms with E-state index in [0.29, 0.717) is 11.5 Å². The number of ether oxygens (including phenoxy) is 2. The van der Waals surface area contributed by atoms with Crippen LogP contribution in [0.5, 0.6) is 11.5 Å². The number of para-hydroxylation sites is 1. The minimum Gasteiger partial charge on any atom is -0.485 e. The van der Waals surface area contributed by atoms with E-state index in [-0.39, 0.29) is 18.1 Å². The molecule has 23 heavy (non-hydrogen) atoms. The Hall–Kier alpha value is -2.05. The maximum absolute atomic E-state index is 12.2. The first-order chi connectivity index (χ1) is 11.0. The molecule has 1 atom stereocenters. The van der Waals surface area contributed by atoms with Crippen LogP contribution in [-0.4, -0.2) is 27.7 Å². The molecule has 0 spiro atoms. The van der Waals surface area contributed by atoms with E-state index in [1.165, 1.54) is 12.1 Å². The van der Waals surface area contributed by atoms with Crippen LogP contribution < -0.4 is 9.47 Å². The predicted octanol–water partition coefficient (Wildman–Crippen LogP) is 2.85. The summed E-state index contributed by atoms with van der Waals surface area (Å²) in [6, 6.07) is 12.1. The Morgan fingerprint density at radius 2 is 1.87 bits per heavy atom. The molecule has 0 saturated heterocycles. The largest absolute Gasteiger partial charge is 0.485 e. The minimum atomic E-state index is -3.80. The maximum atomic E-state index is 12.2. The number of benzene rings is 2. The van der Waals surface area contributed by atoms with Crippen molar-refractivity contribution < 1.29 is 22.1 Å². The third kappa shape index (κ3) is 3.48. The highest BCUT2D eigenvalue weighted by Gasteiger charge is 2.25. The third-order valence-electron chi connectivity index (χ3n) is 3.60. The lowest BCUT2D eigenvalue weighted by atomic mass is 10.2. The van der Waals surface area contributed by atoms with Crippen molar-refractivity contribution in [3.8, 4) is 11.5 Å². The minimum absolute atomic E-state index is 0.0937. The molecule has 1 unspecified atom stereocenters. The second-order valence-electron chi connectivity index (χ2n) is 5.50. The van der Waals surface area contributed by atoms with Crippen LogP contribution in [0, 0.1) is 13.8 Å². The average molecular weight is 334 g/mol. The Balaban J connectivity index is 1.66. The van der Waals surface area contributed by atoms with E-state index in [2.05, 4.69) is 0 Å². The molecule has 3 rings (SSSR count). The van der Waals surface area contributed by atoms with Crippen LogP contribution in [0.2, 0.25) is 0 Å². The smallest absolute Gasteiger partial charge is 0.297 e. The van der Waals surface area contributed by atoms with Gasteiger partial charge in [0, 0.05) is 0 Å². The Bertz CT molecular complexity index is 796. The summed E-state index contributed by atoms with van der Waals surface area (Å²) in [5.74, 6) is 1.31. The van der Waals surface area contributed by atoms with Crippen LogP contribution in [-0.2, 0) is 14.3 Å². The van der Waals surface area contributed by atoms with E-state index in [0.717, 1.165) is 11.1 Å². The highest BCUT2D eigenvalue weighted by Crippen LogP contribution is 2.34. The molecule has 1 heterocycles. The lowest BCUT2D eigenvalue weighted by Crippen LogP contribution is -2.34. The van der Waals surface area contributed by atoms with Crippen molar-refractivity contribution in [2.24, 2.45) is 0 Å². The molecular formula is C17H18O5S. The van der Waals surface area contributed by atoms with Crippen molar-refractivity contribution in [2.75, 3.05) is 13.2 Å². The Kier molecular flexibility index (Phi) is 4.28. The number of fused-ring (bicyclic) bond motifs is 1. The fraction of sp³-hybridized carbons (Fsp3) is 0.294. The Labute approximate surface area is 135 Å². The van der Waals surface area contributed by atoms with Gasteiger partial charge in [0.05, 0.1) is 4.90 Å². The molecule has 2 aromatic rings. The molecular weight excluding hydrogens is 316 g/mol. The van der Waals surface area contributed by atoms with Gasteiger partial charge in [0.15, 0.2) is 17.6 Å². The van der Waals surface area contributed by atoms with E-state index in [9.17, 15) is 8.42 Å². The zero-order valence-corrected chi connectivity index (χ0v) is 13.8. The second-order valence-corrected chi connectivity index (χ2v) is 7.12. The van der Waals surface area contributed by atoms with Gasteiger partial charge in [-0.15, -0.1) is 0 Å². The van der Waals surface area contributed by atoms with Crippen LogP contribution >= 0.6 is 0 Å². The molecule has 2 aromatic carbocycles. The third-order valence-corrected chi connectivity index (χ3v) is 4.90. The topological polar surface area (TPSA) is 61.8 Å². The zero-order chi connectivity index (χ0) is 16.4. The van der Waals surface area contributed by atoms with E-state index < -0.39 is 16.2 Å². The summed E-state index contributed by atoms with van der Waals surface area (Å²) in [6.45, 7) is 3.98. The SMILES string of the molecule is Cc1ccc(S(=O)(=O)OCC2COc3c(C)cccc3O2)cc1. The van der Waals surface area contributed by atoms with Gasteiger partial charge < -0.3 is 9.47 Å². The van der Waals surface area contributed by atoms with Crippen LogP contribution in [0.1, 0.15) is 11.1 Å². The van der Waals surface area contributed by atoms with Crippen LogP contribution in [0.25, 0.3) is 0 Å². The molecule has 0 amide bonds. The van der Waals surface area contributed by atoms with Gasteiger partial charge in [-0.1, -0.05) is 29.8 Å². The monoisotopic (exact) mass is 334 g/mol. The first-order valence-corrected chi connectivity index (χ1v) is 8.72. The van der Waals surface area contributed by atoms with E-state index in [1.54, 1.807) is 18.2 Å². The summed E-state index contributed by atoms with van der Waals surface area (Å²) in [6.07, 6.45) is -0.468. The normalized spacial score (nSPS) is 17.0. The van der Waals surface area contributed by atoms with E-state index >= 15 is 0 Å². The standard InChI is InChI=1S/C17H18O5S/c1-12-6-8-15(9-7-12)23(18,19)21-11-14-10-20-17-13(2)4-3-5-16(17)22-14/h3-9,14H,10-11H2,1-2H3. The molecule has 0 N–H and O–H groups in total. The number of rotatable bonds is 4. The van der Waals surface area contributed by atoms with E-state index in [4.69, 9.17) is 13.7 Å². The molecule has 0 bridgehead atoms. The van der Waals surface area contributed by atoms with Gasteiger partial charge in [0.1, 0.15) is 13.2 Å². The summed E-state index contributed by atoms with van der Waals surface area (Å²) in [5.41, 5.74) is 1.97. The first-order valence-electron chi connectivity index (χ1n) is 7.31. The highest BCUT2D eigenvalue weighted by molar-refractivity contribution is 7.86. The number of hydrogen-bond donors (Lipinski definition) is 0. The van der Waals surface area contributed by atoms with Gasteiger partial charge in [-0.2, -0.15) is 8.42 Å². The fourth-order valence-electron chi connectivity index (χ4n) is 2.31. The molecule has 0 radical (unpaired) electrons. The van der Waals surface area contributed by atoms with Crippen molar-refractivity contribution in [1.82, 2.24) is 0 Å². The Morgan fingerprint density at radius 1 is 1.13 bits per heavy atom. The molecule has 0 fully saturated rings. The molecule has 122 valence electrons. The van der Waals surface area contributed by atoms with Crippen LogP contribution in [0.4, 0.5) is 0 Å². The van der Waals surface area contributed by atoms with Crippen molar-refractivity contribution >= 4 is 10.1 Å². The van der Waals surface area contributed by atoms with Gasteiger partial charge in [-0.25, -0.2) is 0 Å². The molecule has 0 saturated carbocycles. The maximum Gasteiger partial charge on any atom is 0.297 e. The van der Waals surface area contributed by atoms with Crippen LogP contribution in [0.15, 0.2) is 47.4 Å². The van der Waals surface area contributed by atoms with Crippen molar-refractivity contribution in [3.63, 3.8) is 0 Å². The average Bonchev–Trinajstić information content (AvgIpc) is 2.54. The molecule has 1 aliphatic rings. The quantitative estimate of drug-likeness (QED) is 0.805. The second kappa shape index (κ2) is 6.22. The molecule has 0 aliphatic carbocycles. The van der Waals surface area contributed by atoms with Gasteiger partial charge in [0.2, 0.25) is 0 Å². The molecule has 1 aliphatic heterocycles. The lowest BCUT2D eigenvalue weighted by molar-refractivity contribution is 0.0550. The highest BCUT2D eigenvalue weighted by atomic mass is 32.2. The molecule has 5 nitrogen and oxygen atoms in total. The Morgan fingerprint density at radius 3 is 2.61 bits per heavy atom. The lowest BCUT2D eigenvalue weighted by Gasteiger charge is -2.27. The van der Waals surface area contributed by atoms with Gasteiger partial charge in [-0.05, 0) is 37.6 Å². The molecule has 0 aromatic heterocycles. The van der Waals surface area contributed by atoms with Gasteiger partial charge in [0.25, 0.3) is 10.1 Å². The number of hydrogen-bond acceptors (Lipinski definition) is 5. The van der Waals surface area contributed by atoms with E-state index in [1.807, 2.05) is 26.0 Å². The summed E-state index contributed by atoms with van der Waals surface area (Å²) in [4.78, 5) is 0.135. The summed E-state index contributed by atoms with van der Waals surface area (Å²) in [7, 11) is -3.80. The van der Waals surface area contributed by atoms with Crippen molar-refractivity contribution in [3.05, 3.63) is 53.6 Å². The van der Waals surface area contributed by atoms with Crippen molar-refractivity contribution in [1.29, 1.82) is 0 Å². The molecule has 6 heteroatoms. The fourth-order valence-corrected chi connectivity index (χ4v) is 3.25. The summed E-state index contributed by atoms with van der Waals surface area (Å²) < 4.78 is 40.8. The first kappa shape index (κ1) is 15.8.